The van der Waals surface area contributed by atoms with Gasteiger partial charge in [-0.3, -0.25) is 0 Å². The molecule has 0 amide bonds. The Morgan fingerprint density at radius 3 is 1.11 bits per heavy atom. The van der Waals surface area contributed by atoms with E-state index in [1.807, 2.05) is 36.5 Å². The minimum atomic E-state index is 0.700. The number of aryl methyl sites for hydroxylation is 4. The minimum Gasteiger partial charge on any atom is -0.494 e. The average Bonchev–Trinajstić information content (AvgIpc) is 3.71. The van der Waals surface area contributed by atoms with Crippen LogP contribution in [0.1, 0.15) is 58.4 Å². The first-order valence-corrected chi connectivity index (χ1v) is 20.5. The Hall–Kier alpha value is -5.16. The Kier molecular flexibility index (Phi) is 11.6. The van der Waals surface area contributed by atoms with Crippen molar-refractivity contribution in [2.75, 3.05) is 13.2 Å². The highest BCUT2D eigenvalue weighted by Gasteiger charge is 2.16. The molecular formula is C50H48O2S2. The third kappa shape index (κ3) is 8.62. The molecule has 0 aliphatic carbocycles. The molecule has 0 saturated heterocycles. The fourth-order valence-electron chi connectivity index (χ4n) is 6.89. The Bertz CT molecular complexity index is 2290. The van der Waals surface area contributed by atoms with E-state index < -0.39 is 0 Å². The molecule has 272 valence electrons. The Balaban J connectivity index is 0.000000167. The number of rotatable bonds is 10. The van der Waals surface area contributed by atoms with Crippen molar-refractivity contribution in [3.8, 4) is 32.4 Å². The van der Waals surface area contributed by atoms with Crippen LogP contribution in [0.2, 0.25) is 0 Å². The highest BCUT2D eigenvalue weighted by molar-refractivity contribution is 7.23. The molecule has 0 saturated carbocycles. The van der Waals surface area contributed by atoms with Crippen molar-refractivity contribution in [2.45, 2.75) is 54.4 Å². The maximum Gasteiger partial charge on any atom is 0.119 e. The lowest BCUT2D eigenvalue weighted by Gasteiger charge is -2.08. The van der Waals surface area contributed by atoms with Gasteiger partial charge in [0.15, 0.2) is 0 Å². The van der Waals surface area contributed by atoms with E-state index in [9.17, 15) is 0 Å². The second kappa shape index (κ2) is 16.9. The van der Waals surface area contributed by atoms with Crippen LogP contribution in [0, 0.1) is 27.7 Å². The maximum absolute atomic E-state index is 5.59. The normalized spacial score (nSPS) is 11.1. The molecule has 0 N–H and O–H groups in total. The van der Waals surface area contributed by atoms with Gasteiger partial charge in [-0.05, 0) is 146 Å². The third-order valence-electron chi connectivity index (χ3n) is 9.75. The van der Waals surface area contributed by atoms with Crippen molar-refractivity contribution in [1.82, 2.24) is 0 Å². The molecule has 0 unspecified atom stereocenters. The lowest BCUT2D eigenvalue weighted by molar-refractivity contribution is 0.340. The lowest BCUT2D eigenvalue weighted by Crippen LogP contribution is -1.93. The first-order valence-electron chi connectivity index (χ1n) is 18.9. The zero-order chi connectivity index (χ0) is 37.6. The quantitative estimate of drug-likeness (QED) is 0.139. The number of ether oxygens (including phenoxy) is 2. The lowest BCUT2D eigenvalue weighted by atomic mass is 9.98. The van der Waals surface area contributed by atoms with Crippen molar-refractivity contribution in [3.63, 3.8) is 0 Å². The molecule has 0 bridgehead atoms. The fraction of sp³-hybridized carbons (Fsp3) is 0.200. The molecular weight excluding hydrogens is 697 g/mol. The largest absolute Gasteiger partial charge is 0.494 e. The predicted molar refractivity (Wildman–Crippen MR) is 234 cm³/mol. The summed E-state index contributed by atoms with van der Waals surface area (Å²) in [6.07, 6.45) is 1.86. The number of hydrogen-bond donors (Lipinski definition) is 0. The van der Waals surface area contributed by atoms with E-state index in [1.54, 1.807) is 0 Å². The number of benzene rings is 6. The van der Waals surface area contributed by atoms with Gasteiger partial charge in [0.1, 0.15) is 11.5 Å². The summed E-state index contributed by atoms with van der Waals surface area (Å²) < 4.78 is 13.9. The van der Waals surface area contributed by atoms with Gasteiger partial charge in [-0.1, -0.05) is 108 Å². The number of hydrogen-bond acceptors (Lipinski definition) is 4. The van der Waals surface area contributed by atoms with Gasteiger partial charge in [-0.15, -0.1) is 22.7 Å². The summed E-state index contributed by atoms with van der Waals surface area (Å²) in [6, 6.07) is 48.4. The second-order valence-corrected chi connectivity index (χ2v) is 16.2. The van der Waals surface area contributed by atoms with Gasteiger partial charge in [-0.25, -0.2) is 0 Å². The summed E-state index contributed by atoms with van der Waals surface area (Å²) in [7, 11) is 0. The van der Waals surface area contributed by atoms with Gasteiger partial charge >= 0.3 is 0 Å². The van der Waals surface area contributed by atoms with Gasteiger partial charge in [0, 0.05) is 19.2 Å². The summed E-state index contributed by atoms with van der Waals surface area (Å²) >= 11 is 3.81. The summed E-state index contributed by atoms with van der Waals surface area (Å²) in [5, 5.41) is 2.74. The topological polar surface area (TPSA) is 18.5 Å². The standard InChI is InChI=1S/2C25H24OS/c2*1-4-26-21-12-8-19(9-13-21)16-23-22-14-7-18(3)15-24(22)27-25(23)20-10-5-17(2)6-11-20/h2*5-15H,4,16H2,1-3H3. The summed E-state index contributed by atoms with van der Waals surface area (Å²) in [4.78, 5) is 2.76. The van der Waals surface area contributed by atoms with Crippen LogP contribution in [0.3, 0.4) is 0 Å². The van der Waals surface area contributed by atoms with Crippen molar-refractivity contribution in [3.05, 3.63) is 178 Å². The van der Waals surface area contributed by atoms with E-state index in [0.29, 0.717) is 13.2 Å². The van der Waals surface area contributed by atoms with Crippen LogP contribution in [0.4, 0.5) is 0 Å². The molecule has 6 aromatic carbocycles. The number of fused-ring (bicyclic) bond motifs is 2. The van der Waals surface area contributed by atoms with Crippen LogP contribution in [-0.4, -0.2) is 13.2 Å². The Morgan fingerprint density at radius 2 is 0.759 bits per heavy atom. The zero-order valence-corrected chi connectivity index (χ0v) is 33.8. The highest BCUT2D eigenvalue weighted by atomic mass is 32.1. The van der Waals surface area contributed by atoms with Crippen LogP contribution < -0.4 is 9.47 Å². The van der Waals surface area contributed by atoms with Crippen molar-refractivity contribution in [2.24, 2.45) is 0 Å². The van der Waals surface area contributed by atoms with E-state index in [-0.39, 0.29) is 0 Å². The average molecular weight is 745 g/mol. The predicted octanol–water partition coefficient (Wildman–Crippen LogP) is 14.3. The van der Waals surface area contributed by atoms with Crippen molar-refractivity contribution >= 4 is 42.8 Å². The SMILES string of the molecule is CCOc1ccc(Cc2c(-c3ccc(C)cc3)sc3cc(C)ccc23)cc1.CCOc1ccc(Cc2c(-c3ccc(C)cc3)sc3cc(C)ccc23)cc1. The summed E-state index contributed by atoms with van der Waals surface area (Å²) in [5.41, 5.74) is 13.3. The number of thiophene rings is 2. The molecule has 0 atom stereocenters. The van der Waals surface area contributed by atoms with Crippen LogP contribution >= 0.6 is 22.7 Å². The molecule has 2 aromatic heterocycles. The molecule has 54 heavy (non-hydrogen) atoms. The molecule has 0 fully saturated rings. The van der Waals surface area contributed by atoms with Crippen LogP contribution in [0.15, 0.2) is 133 Å². The molecule has 0 radical (unpaired) electrons. The molecule has 0 spiro atoms. The molecule has 2 nitrogen and oxygen atoms in total. The zero-order valence-electron chi connectivity index (χ0n) is 32.2. The van der Waals surface area contributed by atoms with E-state index in [0.717, 1.165) is 24.3 Å². The van der Waals surface area contributed by atoms with Gasteiger partial charge in [-0.2, -0.15) is 0 Å². The second-order valence-electron chi connectivity index (χ2n) is 14.1. The molecule has 0 aliphatic rings. The fourth-order valence-corrected chi connectivity index (χ4v) is 9.54. The molecule has 0 aliphatic heterocycles. The molecule has 8 rings (SSSR count). The van der Waals surface area contributed by atoms with E-state index in [2.05, 4.69) is 161 Å². The summed E-state index contributed by atoms with van der Waals surface area (Å²) in [6.45, 7) is 14.0. The van der Waals surface area contributed by atoms with Crippen molar-refractivity contribution in [1.29, 1.82) is 0 Å². The van der Waals surface area contributed by atoms with E-state index in [4.69, 9.17) is 9.47 Å². The highest BCUT2D eigenvalue weighted by Crippen LogP contribution is 2.42. The van der Waals surface area contributed by atoms with Crippen LogP contribution in [0.5, 0.6) is 11.5 Å². The van der Waals surface area contributed by atoms with E-state index >= 15 is 0 Å². The van der Waals surface area contributed by atoms with E-state index in [1.165, 1.54) is 85.6 Å². The maximum atomic E-state index is 5.59. The minimum absolute atomic E-state index is 0.700. The monoisotopic (exact) mass is 744 g/mol. The van der Waals surface area contributed by atoms with Gasteiger partial charge in [0.05, 0.1) is 13.2 Å². The smallest absolute Gasteiger partial charge is 0.119 e. The first-order chi connectivity index (χ1) is 26.3. The first kappa shape index (κ1) is 37.2. The Labute approximate surface area is 328 Å². The van der Waals surface area contributed by atoms with Crippen LogP contribution in [0.25, 0.3) is 41.1 Å². The van der Waals surface area contributed by atoms with Crippen molar-refractivity contribution < 1.29 is 9.47 Å². The third-order valence-corrected chi connectivity index (χ3v) is 12.2. The Morgan fingerprint density at radius 1 is 0.407 bits per heavy atom. The summed E-state index contributed by atoms with van der Waals surface area (Å²) in [5.74, 6) is 1.87. The van der Waals surface area contributed by atoms with Gasteiger partial charge < -0.3 is 9.47 Å². The van der Waals surface area contributed by atoms with Gasteiger partial charge in [0.2, 0.25) is 0 Å². The van der Waals surface area contributed by atoms with Gasteiger partial charge in [0.25, 0.3) is 0 Å². The molecule has 4 heteroatoms. The molecule has 8 aromatic rings. The molecule has 2 heterocycles. The van der Waals surface area contributed by atoms with Crippen LogP contribution in [-0.2, 0) is 12.8 Å².